The second kappa shape index (κ2) is 8.74. The fourth-order valence-electron chi connectivity index (χ4n) is 3.31. The molecule has 0 radical (unpaired) electrons. The number of carbonyl (C=O) groups excluding carboxylic acids is 1. The molecule has 2 aromatic heterocycles. The molecule has 0 aliphatic heterocycles. The summed E-state index contributed by atoms with van der Waals surface area (Å²) in [5.41, 5.74) is 1.22. The third-order valence-electron chi connectivity index (χ3n) is 4.83. The molecule has 1 N–H and O–H groups in total. The van der Waals surface area contributed by atoms with Gasteiger partial charge in [-0.05, 0) is 43.3 Å². The second-order valence-electron chi connectivity index (χ2n) is 7.43. The van der Waals surface area contributed by atoms with Crippen LogP contribution >= 0.6 is 11.6 Å². The van der Waals surface area contributed by atoms with Gasteiger partial charge in [-0.1, -0.05) is 11.6 Å². The lowest BCUT2D eigenvalue weighted by Gasteiger charge is -2.12. The van der Waals surface area contributed by atoms with Crippen molar-refractivity contribution in [1.29, 1.82) is 0 Å². The van der Waals surface area contributed by atoms with Crippen LogP contribution in [-0.2, 0) is 24.4 Å². The highest BCUT2D eigenvalue weighted by Gasteiger charge is 2.33. The Morgan fingerprint density at radius 2 is 1.88 bits per heavy atom. The number of pyridine rings is 1. The summed E-state index contributed by atoms with van der Waals surface area (Å²) in [5.74, 6) is 1.39. The Hall–Kier alpha value is -3.59. The lowest BCUT2D eigenvalue weighted by atomic mass is 10.2. The number of aromatic nitrogens is 3. The summed E-state index contributed by atoms with van der Waals surface area (Å²) in [6.07, 6.45) is -2.78. The van der Waals surface area contributed by atoms with Gasteiger partial charge in [-0.25, -0.2) is 4.98 Å². The number of ether oxygens (including phenoxy) is 1. The van der Waals surface area contributed by atoms with Gasteiger partial charge in [-0.3, -0.25) is 9.78 Å². The van der Waals surface area contributed by atoms with Gasteiger partial charge >= 0.3 is 6.18 Å². The molecule has 0 amide bonds. The fourth-order valence-corrected chi connectivity index (χ4v) is 3.54. The van der Waals surface area contributed by atoms with Crippen molar-refractivity contribution in [2.24, 2.45) is 7.05 Å². The highest BCUT2D eigenvalue weighted by molar-refractivity contribution is 6.31. The minimum absolute atomic E-state index is 0.00220. The molecule has 0 bridgehead atoms. The molecule has 2 aromatic carbocycles. The van der Waals surface area contributed by atoms with E-state index in [1.54, 1.807) is 48.1 Å². The molecule has 170 valence electrons. The van der Waals surface area contributed by atoms with Crippen molar-refractivity contribution >= 4 is 40.1 Å². The number of nitrogens with one attached hydrogen (secondary N) is 1. The van der Waals surface area contributed by atoms with E-state index in [0.717, 1.165) is 11.6 Å². The number of aryl methyl sites for hydroxylation is 1. The summed E-state index contributed by atoms with van der Waals surface area (Å²) in [4.78, 5) is 19.9. The van der Waals surface area contributed by atoms with Gasteiger partial charge in [-0.15, -0.1) is 0 Å². The average Bonchev–Trinajstić information content (AvgIpc) is 3.03. The Bertz CT molecular complexity index is 1350. The number of imidazole rings is 1. The molecule has 33 heavy (non-hydrogen) atoms. The highest BCUT2D eigenvalue weighted by Crippen LogP contribution is 2.37. The summed E-state index contributed by atoms with van der Waals surface area (Å²) >= 11 is 5.69. The molecule has 0 fully saturated rings. The number of hydrogen-bond donors (Lipinski definition) is 1. The van der Waals surface area contributed by atoms with E-state index in [0.29, 0.717) is 28.7 Å². The normalized spacial score (nSPS) is 11.6. The van der Waals surface area contributed by atoms with Crippen LogP contribution in [0, 0.1) is 0 Å². The number of hydrogen-bond acceptors (Lipinski definition) is 5. The largest absolute Gasteiger partial charge is 0.457 e. The van der Waals surface area contributed by atoms with Gasteiger partial charge < -0.3 is 14.6 Å². The molecule has 0 saturated heterocycles. The summed E-state index contributed by atoms with van der Waals surface area (Å²) < 4.78 is 47.1. The van der Waals surface area contributed by atoms with Crippen LogP contribution in [0.5, 0.6) is 11.5 Å². The zero-order chi connectivity index (χ0) is 23.8. The Morgan fingerprint density at radius 3 is 2.61 bits per heavy atom. The van der Waals surface area contributed by atoms with Gasteiger partial charge in [0.1, 0.15) is 17.3 Å². The molecule has 0 aliphatic rings. The second-order valence-corrected chi connectivity index (χ2v) is 7.83. The number of rotatable bonds is 6. The minimum atomic E-state index is -4.56. The maximum atomic E-state index is 13.2. The Labute approximate surface area is 192 Å². The quantitative estimate of drug-likeness (QED) is 0.355. The third-order valence-corrected chi connectivity index (χ3v) is 5.16. The van der Waals surface area contributed by atoms with Gasteiger partial charge in [0, 0.05) is 37.5 Å². The topological polar surface area (TPSA) is 69.0 Å². The standard InChI is InChI=1S/C23H18ClF3N4O2/c1-13(32)9-15-10-17(7-8-28-15)33-16-4-6-21-20(12-16)30-22(31(21)2)29-14-3-5-19(24)18(11-14)23(25,26)27/h3-8,10-12H,9H2,1-2H3,(H,29,30). The van der Waals surface area contributed by atoms with Crippen LogP contribution in [0.1, 0.15) is 18.2 Å². The Kier molecular flexibility index (Phi) is 5.99. The fraction of sp³-hybridized carbons (Fsp3) is 0.174. The first-order chi connectivity index (χ1) is 15.6. The SMILES string of the molecule is CC(=O)Cc1cc(Oc2ccc3c(c2)nc(Nc2ccc(Cl)c(C(F)(F)F)c2)n3C)ccn1. The van der Waals surface area contributed by atoms with Crippen molar-refractivity contribution in [3.05, 3.63) is 71.0 Å². The minimum Gasteiger partial charge on any atom is -0.457 e. The van der Waals surface area contributed by atoms with E-state index in [1.165, 1.54) is 19.1 Å². The van der Waals surface area contributed by atoms with Crippen LogP contribution < -0.4 is 10.1 Å². The zero-order valence-electron chi connectivity index (χ0n) is 17.6. The average molecular weight is 475 g/mol. The molecule has 4 rings (SSSR count). The van der Waals surface area contributed by atoms with E-state index in [4.69, 9.17) is 16.3 Å². The van der Waals surface area contributed by atoms with E-state index < -0.39 is 11.7 Å². The third kappa shape index (κ3) is 5.09. The number of nitrogens with zero attached hydrogens (tertiary/aromatic N) is 3. The number of benzene rings is 2. The molecule has 10 heteroatoms. The number of carbonyl (C=O) groups is 1. The summed E-state index contributed by atoms with van der Waals surface area (Å²) in [6.45, 7) is 1.49. The molecule has 0 saturated carbocycles. The first kappa shape index (κ1) is 22.6. The van der Waals surface area contributed by atoms with E-state index in [2.05, 4.69) is 15.3 Å². The first-order valence-electron chi connectivity index (χ1n) is 9.82. The van der Waals surface area contributed by atoms with E-state index >= 15 is 0 Å². The Balaban J connectivity index is 1.59. The predicted octanol–water partition coefficient (Wildman–Crippen LogP) is 6.31. The molecule has 0 atom stereocenters. The van der Waals surface area contributed by atoms with Gasteiger partial charge in [0.15, 0.2) is 0 Å². The van der Waals surface area contributed by atoms with Crippen molar-refractivity contribution in [2.75, 3.05) is 5.32 Å². The van der Waals surface area contributed by atoms with Crippen molar-refractivity contribution in [2.45, 2.75) is 19.5 Å². The first-order valence-corrected chi connectivity index (χ1v) is 10.2. The number of ketones is 1. The molecule has 0 aliphatic carbocycles. The van der Waals surface area contributed by atoms with Crippen molar-refractivity contribution in [3.63, 3.8) is 0 Å². The lowest BCUT2D eigenvalue weighted by Crippen LogP contribution is -2.07. The Morgan fingerprint density at radius 1 is 1.12 bits per heavy atom. The smallest absolute Gasteiger partial charge is 0.417 e. The van der Waals surface area contributed by atoms with Gasteiger partial charge in [0.2, 0.25) is 5.95 Å². The number of fused-ring (bicyclic) bond motifs is 1. The summed E-state index contributed by atoms with van der Waals surface area (Å²) in [6, 6.07) is 12.2. The zero-order valence-corrected chi connectivity index (χ0v) is 18.3. The molecular weight excluding hydrogens is 457 g/mol. The van der Waals surface area contributed by atoms with Gasteiger partial charge in [0.05, 0.1) is 27.3 Å². The maximum absolute atomic E-state index is 13.2. The van der Waals surface area contributed by atoms with Crippen LogP contribution in [0.25, 0.3) is 11.0 Å². The van der Waals surface area contributed by atoms with Crippen LogP contribution in [0.15, 0.2) is 54.7 Å². The van der Waals surface area contributed by atoms with Gasteiger partial charge in [0.25, 0.3) is 0 Å². The molecule has 0 spiro atoms. The number of Topliss-reactive ketones (excluding diaryl/α,β-unsaturated/α-hetero) is 1. The van der Waals surface area contributed by atoms with Crippen LogP contribution in [0.2, 0.25) is 5.02 Å². The molecule has 6 nitrogen and oxygen atoms in total. The number of anilines is 2. The van der Waals surface area contributed by atoms with E-state index in [9.17, 15) is 18.0 Å². The van der Waals surface area contributed by atoms with E-state index in [1.807, 2.05) is 0 Å². The molecule has 0 unspecified atom stereocenters. The molecule has 4 aromatic rings. The summed E-state index contributed by atoms with van der Waals surface area (Å²) in [5, 5.41) is 2.54. The van der Waals surface area contributed by atoms with Crippen LogP contribution in [0.3, 0.4) is 0 Å². The van der Waals surface area contributed by atoms with Crippen molar-refractivity contribution in [3.8, 4) is 11.5 Å². The molecule has 2 heterocycles. The summed E-state index contributed by atoms with van der Waals surface area (Å²) in [7, 11) is 1.75. The van der Waals surface area contributed by atoms with Crippen LogP contribution in [-0.4, -0.2) is 20.3 Å². The monoisotopic (exact) mass is 474 g/mol. The maximum Gasteiger partial charge on any atom is 0.417 e. The lowest BCUT2D eigenvalue weighted by molar-refractivity contribution is -0.137. The van der Waals surface area contributed by atoms with Gasteiger partial charge in [-0.2, -0.15) is 13.2 Å². The van der Waals surface area contributed by atoms with E-state index in [-0.39, 0.29) is 22.9 Å². The number of alkyl halides is 3. The molecular formula is C23H18ClF3N4O2. The number of halogens is 4. The van der Waals surface area contributed by atoms with Crippen LogP contribution in [0.4, 0.5) is 24.8 Å². The highest BCUT2D eigenvalue weighted by atomic mass is 35.5. The van der Waals surface area contributed by atoms with Crippen molar-refractivity contribution in [1.82, 2.24) is 14.5 Å². The van der Waals surface area contributed by atoms with Crippen molar-refractivity contribution < 1.29 is 22.7 Å². The predicted molar refractivity (Wildman–Crippen MR) is 119 cm³/mol.